The molecule has 1 aromatic rings. The number of nitro groups is 1. The minimum absolute atomic E-state index is 0.154. The van der Waals surface area contributed by atoms with Crippen LogP contribution >= 0.6 is 0 Å². The fraction of sp³-hybridized carbons (Fsp3) is 0.375. The van der Waals surface area contributed by atoms with Crippen LogP contribution in [0.4, 0.5) is 14.5 Å². The maximum absolute atomic E-state index is 12.5. The van der Waals surface area contributed by atoms with E-state index in [9.17, 15) is 18.9 Å². The number of pyridine rings is 1. The van der Waals surface area contributed by atoms with Crippen LogP contribution in [0.15, 0.2) is 6.20 Å². The first-order valence-corrected chi connectivity index (χ1v) is 4.12. The first-order chi connectivity index (χ1) is 7.52. The van der Waals surface area contributed by atoms with Crippen molar-refractivity contribution in [3.8, 4) is 5.75 Å². The van der Waals surface area contributed by atoms with Crippen LogP contribution in [0.2, 0.25) is 0 Å². The van der Waals surface area contributed by atoms with Crippen LogP contribution in [0, 0.1) is 10.1 Å². The van der Waals surface area contributed by atoms with Crippen LogP contribution in [-0.2, 0) is 6.61 Å². The predicted molar refractivity (Wildman–Crippen MR) is 48.3 cm³/mol. The standard InChI is InChI=1S/C8H8F2N2O4/c1-16-7-5(3-13)11-2-4(8(9)10)6(7)12(14)15/h2,8,13H,3H2,1H3. The monoisotopic (exact) mass is 234 g/mol. The molecule has 0 saturated carbocycles. The van der Waals surface area contributed by atoms with Gasteiger partial charge in [0.1, 0.15) is 11.3 Å². The Labute approximate surface area is 88.6 Å². The number of hydrogen-bond acceptors (Lipinski definition) is 5. The summed E-state index contributed by atoms with van der Waals surface area (Å²) in [5.74, 6) is -0.440. The summed E-state index contributed by atoms with van der Waals surface area (Å²) in [4.78, 5) is 13.1. The van der Waals surface area contributed by atoms with E-state index < -0.39 is 35.0 Å². The zero-order chi connectivity index (χ0) is 12.3. The van der Waals surface area contributed by atoms with Gasteiger partial charge in [0.25, 0.3) is 6.43 Å². The van der Waals surface area contributed by atoms with E-state index in [4.69, 9.17) is 5.11 Å². The minimum Gasteiger partial charge on any atom is -0.489 e. The molecule has 0 aliphatic rings. The van der Waals surface area contributed by atoms with Crippen LogP contribution in [0.1, 0.15) is 17.7 Å². The van der Waals surface area contributed by atoms with E-state index in [0.717, 1.165) is 7.11 Å². The molecule has 0 bridgehead atoms. The summed E-state index contributed by atoms with van der Waals surface area (Å²) >= 11 is 0. The third kappa shape index (κ3) is 2.06. The molecule has 16 heavy (non-hydrogen) atoms. The maximum Gasteiger partial charge on any atom is 0.323 e. The number of aromatic nitrogens is 1. The summed E-state index contributed by atoms with van der Waals surface area (Å²) in [5.41, 5.74) is -1.85. The molecule has 8 heteroatoms. The van der Waals surface area contributed by atoms with Crippen LogP contribution in [0.3, 0.4) is 0 Å². The van der Waals surface area contributed by atoms with Crippen LogP contribution in [-0.4, -0.2) is 22.1 Å². The molecule has 0 fully saturated rings. The molecule has 0 atom stereocenters. The molecule has 1 heterocycles. The van der Waals surface area contributed by atoms with Gasteiger partial charge in [-0.05, 0) is 0 Å². The number of alkyl halides is 2. The molecule has 0 aliphatic carbocycles. The predicted octanol–water partition coefficient (Wildman–Crippen LogP) is 1.43. The van der Waals surface area contributed by atoms with Gasteiger partial charge in [-0.2, -0.15) is 0 Å². The summed E-state index contributed by atoms with van der Waals surface area (Å²) in [6.07, 6.45) is -2.37. The van der Waals surface area contributed by atoms with Crippen LogP contribution in [0.5, 0.6) is 5.75 Å². The van der Waals surface area contributed by atoms with Crippen molar-refractivity contribution in [2.75, 3.05) is 7.11 Å². The van der Waals surface area contributed by atoms with Crippen LogP contribution in [0.25, 0.3) is 0 Å². The molecule has 0 amide bonds. The van der Waals surface area contributed by atoms with Gasteiger partial charge in [-0.15, -0.1) is 0 Å². The van der Waals surface area contributed by atoms with Crippen LogP contribution < -0.4 is 4.74 Å². The second-order valence-corrected chi connectivity index (χ2v) is 2.76. The lowest BCUT2D eigenvalue weighted by Crippen LogP contribution is -2.05. The molecular weight excluding hydrogens is 226 g/mol. The first-order valence-electron chi connectivity index (χ1n) is 4.12. The van der Waals surface area contributed by atoms with Crippen molar-refractivity contribution >= 4 is 5.69 Å². The van der Waals surface area contributed by atoms with Gasteiger partial charge < -0.3 is 9.84 Å². The molecule has 88 valence electrons. The van der Waals surface area contributed by atoms with E-state index in [-0.39, 0.29) is 5.69 Å². The number of aliphatic hydroxyl groups excluding tert-OH is 1. The molecule has 0 unspecified atom stereocenters. The second kappa shape index (κ2) is 4.79. The van der Waals surface area contributed by atoms with Crippen molar-refractivity contribution in [3.63, 3.8) is 0 Å². The average molecular weight is 234 g/mol. The number of ether oxygens (including phenoxy) is 1. The fourth-order valence-electron chi connectivity index (χ4n) is 1.21. The molecule has 1 rings (SSSR count). The number of rotatable bonds is 4. The topological polar surface area (TPSA) is 85.5 Å². The van der Waals surface area contributed by atoms with Gasteiger partial charge in [-0.1, -0.05) is 0 Å². The molecule has 1 N–H and O–H groups in total. The Kier molecular flexibility index (Phi) is 3.67. The highest BCUT2D eigenvalue weighted by molar-refractivity contribution is 5.54. The number of hydrogen-bond donors (Lipinski definition) is 1. The van der Waals surface area contributed by atoms with E-state index in [1.807, 2.05) is 0 Å². The van der Waals surface area contributed by atoms with Gasteiger partial charge in [0, 0.05) is 6.20 Å². The normalized spacial score (nSPS) is 10.6. The number of halogens is 2. The Balaban J connectivity index is 3.50. The Morgan fingerprint density at radius 1 is 1.69 bits per heavy atom. The van der Waals surface area contributed by atoms with E-state index in [1.165, 1.54) is 0 Å². The minimum atomic E-state index is -3.03. The average Bonchev–Trinajstić information content (AvgIpc) is 2.26. The zero-order valence-corrected chi connectivity index (χ0v) is 8.18. The quantitative estimate of drug-likeness (QED) is 0.629. The zero-order valence-electron chi connectivity index (χ0n) is 8.18. The number of aliphatic hydroxyl groups is 1. The van der Waals surface area contributed by atoms with Crippen molar-refractivity contribution in [3.05, 3.63) is 27.6 Å². The van der Waals surface area contributed by atoms with Crippen molar-refractivity contribution in [2.45, 2.75) is 13.0 Å². The summed E-state index contributed by atoms with van der Waals surface area (Å²) in [6, 6.07) is 0. The molecule has 6 nitrogen and oxygen atoms in total. The SMILES string of the molecule is COc1c(CO)ncc(C(F)F)c1[N+](=O)[O-]. The molecule has 0 spiro atoms. The fourth-order valence-corrected chi connectivity index (χ4v) is 1.21. The summed E-state index contributed by atoms with van der Waals surface area (Å²) in [7, 11) is 1.08. The van der Waals surface area contributed by atoms with Gasteiger partial charge in [-0.25, -0.2) is 8.78 Å². The Morgan fingerprint density at radius 2 is 2.31 bits per heavy atom. The van der Waals surface area contributed by atoms with Gasteiger partial charge in [0.2, 0.25) is 5.75 Å². The third-order valence-electron chi connectivity index (χ3n) is 1.88. The first kappa shape index (κ1) is 12.2. The highest BCUT2D eigenvalue weighted by Gasteiger charge is 2.29. The smallest absolute Gasteiger partial charge is 0.323 e. The van der Waals surface area contributed by atoms with E-state index >= 15 is 0 Å². The molecule has 0 aliphatic heterocycles. The summed E-state index contributed by atoms with van der Waals surface area (Å²) in [6.45, 7) is -0.631. The van der Waals surface area contributed by atoms with Gasteiger partial charge >= 0.3 is 5.69 Å². The van der Waals surface area contributed by atoms with E-state index in [0.29, 0.717) is 6.20 Å². The van der Waals surface area contributed by atoms with E-state index in [1.54, 1.807) is 0 Å². The van der Waals surface area contributed by atoms with Gasteiger partial charge in [0.05, 0.1) is 18.6 Å². The Hall–Kier alpha value is -1.83. The second-order valence-electron chi connectivity index (χ2n) is 2.76. The highest BCUT2D eigenvalue weighted by atomic mass is 19.3. The summed E-state index contributed by atoms with van der Waals surface area (Å²) < 4.78 is 29.6. The molecule has 0 saturated heterocycles. The van der Waals surface area contributed by atoms with Crippen molar-refractivity contribution < 1.29 is 23.5 Å². The van der Waals surface area contributed by atoms with Crippen molar-refractivity contribution in [1.82, 2.24) is 4.98 Å². The molecule has 0 radical (unpaired) electrons. The van der Waals surface area contributed by atoms with Gasteiger partial charge in [0.15, 0.2) is 0 Å². The molecule has 0 aromatic carbocycles. The van der Waals surface area contributed by atoms with Gasteiger partial charge in [-0.3, -0.25) is 15.1 Å². The van der Waals surface area contributed by atoms with Crippen molar-refractivity contribution in [2.24, 2.45) is 0 Å². The van der Waals surface area contributed by atoms with E-state index in [2.05, 4.69) is 9.72 Å². The largest absolute Gasteiger partial charge is 0.489 e. The lowest BCUT2D eigenvalue weighted by molar-refractivity contribution is -0.387. The number of nitrogens with zero attached hydrogens (tertiary/aromatic N) is 2. The third-order valence-corrected chi connectivity index (χ3v) is 1.88. The number of methoxy groups -OCH3 is 1. The lowest BCUT2D eigenvalue weighted by atomic mass is 10.2. The van der Waals surface area contributed by atoms with Crippen molar-refractivity contribution in [1.29, 1.82) is 0 Å². The molecule has 1 aromatic heterocycles. The Bertz CT molecular complexity index is 411. The Morgan fingerprint density at radius 3 is 2.69 bits per heavy atom. The highest BCUT2D eigenvalue weighted by Crippen LogP contribution is 2.37. The molecular formula is C8H8F2N2O4. The maximum atomic E-state index is 12.5. The lowest BCUT2D eigenvalue weighted by Gasteiger charge is -2.08. The summed E-state index contributed by atoms with van der Waals surface area (Å²) in [5, 5.41) is 19.5.